The Bertz CT molecular complexity index is 715. The Balaban J connectivity index is 2.21. The van der Waals surface area contributed by atoms with E-state index in [9.17, 15) is 9.59 Å². The zero-order chi connectivity index (χ0) is 17.7. The van der Waals surface area contributed by atoms with E-state index in [1.54, 1.807) is 0 Å². The number of para-hydroxylation sites is 1. The van der Waals surface area contributed by atoms with Crippen LogP contribution in [-0.2, 0) is 16.0 Å². The Kier molecular flexibility index (Phi) is 5.62. The molecule has 6 heteroatoms. The van der Waals surface area contributed by atoms with Gasteiger partial charge in [-0.2, -0.15) is 0 Å². The van der Waals surface area contributed by atoms with E-state index < -0.39 is 11.5 Å². The van der Waals surface area contributed by atoms with Gasteiger partial charge in [0.25, 0.3) is 0 Å². The smallest absolute Gasteiger partial charge is 0.242 e. The molecule has 0 aliphatic carbocycles. The third-order valence-corrected chi connectivity index (χ3v) is 3.85. The molecule has 1 aromatic carbocycles. The second-order valence-corrected chi connectivity index (χ2v) is 6.92. The van der Waals surface area contributed by atoms with E-state index in [4.69, 9.17) is 5.73 Å². The number of hydrogen-bond donors (Lipinski definition) is 4. The summed E-state index contributed by atoms with van der Waals surface area (Å²) in [7, 11) is 0. The first-order valence-corrected chi connectivity index (χ1v) is 8.16. The average molecular weight is 330 g/mol. The molecule has 1 aromatic heterocycles. The van der Waals surface area contributed by atoms with Crippen molar-refractivity contribution in [2.75, 3.05) is 13.1 Å². The molecule has 0 aliphatic rings. The zero-order valence-electron chi connectivity index (χ0n) is 14.5. The molecule has 1 unspecified atom stereocenters. The molecule has 1 atom stereocenters. The van der Waals surface area contributed by atoms with Crippen molar-refractivity contribution in [3.63, 3.8) is 0 Å². The van der Waals surface area contributed by atoms with Crippen molar-refractivity contribution in [2.24, 2.45) is 11.1 Å². The summed E-state index contributed by atoms with van der Waals surface area (Å²) >= 11 is 0. The molecular weight excluding hydrogens is 304 g/mol. The van der Waals surface area contributed by atoms with Gasteiger partial charge in [-0.3, -0.25) is 9.59 Å². The summed E-state index contributed by atoms with van der Waals surface area (Å²) < 4.78 is 0. The van der Waals surface area contributed by atoms with E-state index >= 15 is 0 Å². The van der Waals surface area contributed by atoms with Crippen molar-refractivity contribution in [1.29, 1.82) is 0 Å². The standard InChI is InChI=1S/C18H26N4O2/c1-18(2,3)17(24)22-15(16(23)20-9-8-19)10-12-11-21-14-7-5-4-6-13(12)14/h4-7,11,15,21H,8-10,19H2,1-3H3,(H,20,23)(H,22,24). The van der Waals surface area contributed by atoms with Crippen molar-refractivity contribution in [1.82, 2.24) is 15.6 Å². The van der Waals surface area contributed by atoms with Crippen LogP contribution >= 0.6 is 0 Å². The summed E-state index contributed by atoms with van der Waals surface area (Å²) in [6, 6.07) is 7.26. The maximum Gasteiger partial charge on any atom is 0.242 e. The molecular formula is C18H26N4O2. The van der Waals surface area contributed by atoms with Crippen molar-refractivity contribution in [3.8, 4) is 0 Å². The zero-order valence-corrected chi connectivity index (χ0v) is 14.5. The Hall–Kier alpha value is -2.34. The maximum absolute atomic E-state index is 12.4. The molecule has 0 aliphatic heterocycles. The van der Waals surface area contributed by atoms with Crippen LogP contribution in [0.1, 0.15) is 26.3 Å². The largest absolute Gasteiger partial charge is 0.361 e. The van der Waals surface area contributed by atoms with Gasteiger partial charge in [-0.1, -0.05) is 39.0 Å². The lowest BCUT2D eigenvalue weighted by Crippen LogP contribution is -2.51. The molecule has 24 heavy (non-hydrogen) atoms. The van der Waals surface area contributed by atoms with Crippen LogP contribution in [0.25, 0.3) is 10.9 Å². The molecule has 1 heterocycles. The van der Waals surface area contributed by atoms with Gasteiger partial charge < -0.3 is 21.4 Å². The van der Waals surface area contributed by atoms with Gasteiger partial charge in [0, 0.05) is 42.0 Å². The van der Waals surface area contributed by atoms with Crippen molar-refractivity contribution >= 4 is 22.7 Å². The van der Waals surface area contributed by atoms with Gasteiger partial charge in [-0.05, 0) is 11.6 Å². The molecule has 0 radical (unpaired) electrons. The predicted octanol–water partition coefficient (Wildman–Crippen LogP) is 1.32. The number of aromatic amines is 1. The summed E-state index contributed by atoms with van der Waals surface area (Å²) in [5.41, 5.74) is 6.89. The van der Waals surface area contributed by atoms with Crippen molar-refractivity contribution < 1.29 is 9.59 Å². The van der Waals surface area contributed by atoms with E-state index in [-0.39, 0.29) is 11.8 Å². The molecule has 0 spiro atoms. The molecule has 0 saturated carbocycles. The van der Waals surface area contributed by atoms with Crippen LogP contribution in [0.5, 0.6) is 0 Å². The van der Waals surface area contributed by atoms with Gasteiger partial charge in [0.2, 0.25) is 11.8 Å². The highest BCUT2D eigenvalue weighted by molar-refractivity contribution is 5.91. The molecule has 6 nitrogen and oxygen atoms in total. The summed E-state index contributed by atoms with van der Waals surface area (Å²) in [6.45, 7) is 6.21. The highest BCUT2D eigenvalue weighted by Gasteiger charge is 2.28. The van der Waals surface area contributed by atoms with Crippen LogP contribution in [0.3, 0.4) is 0 Å². The van der Waals surface area contributed by atoms with E-state index in [1.165, 1.54) is 0 Å². The number of nitrogens with two attached hydrogens (primary N) is 1. The minimum Gasteiger partial charge on any atom is -0.361 e. The maximum atomic E-state index is 12.4. The van der Waals surface area contributed by atoms with Gasteiger partial charge in [0.15, 0.2) is 0 Å². The van der Waals surface area contributed by atoms with E-state index in [0.717, 1.165) is 16.5 Å². The lowest BCUT2D eigenvalue weighted by atomic mass is 9.94. The Labute approximate surface area is 142 Å². The van der Waals surface area contributed by atoms with Gasteiger partial charge in [0.1, 0.15) is 6.04 Å². The Morgan fingerprint density at radius 1 is 1.25 bits per heavy atom. The van der Waals surface area contributed by atoms with Crippen LogP contribution in [0.4, 0.5) is 0 Å². The Morgan fingerprint density at radius 2 is 1.96 bits per heavy atom. The average Bonchev–Trinajstić information content (AvgIpc) is 2.94. The number of fused-ring (bicyclic) bond motifs is 1. The number of rotatable bonds is 6. The fourth-order valence-electron chi connectivity index (χ4n) is 2.42. The summed E-state index contributed by atoms with van der Waals surface area (Å²) in [4.78, 5) is 28.0. The van der Waals surface area contributed by atoms with Gasteiger partial charge in [-0.25, -0.2) is 0 Å². The fourth-order valence-corrected chi connectivity index (χ4v) is 2.42. The second-order valence-electron chi connectivity index (χ2n) is 6.92. The molecule has 0 fully saturated rings. The molecule has 130 valence electrons. The predicted molar refractivity (Wildman–Crippen MR) is 95.5 cm³/mol. The molecule has 5 N–H and O–H groups in total. The lowest BCUT2D eigenvalue weighted by Gasteiger charge is -2.23. The molecule has 0 bridgehead atoms. The number of nitrogens with one attached hydrogen (secondary N) is 3. The number of benzene rings is 1. The highest BCUT2D eigenvalue weighted by Crippen LogP contribution is 2.20. The first kappa shape index (κ1) is 18.0. The summed E-state index contributed by atoms with van der Waals surface area (Å²) in [5.74, 6) is -0.376. The summed E-state index contributed by atoms with van der Waals surface area (Å²) in [6.07, 6.45) is 2.30. The number of carbonyl (C=O) groups is 2. The van der Waals surface area contributed by atoms with Crippen LogP contribution in [-0.4, -0.2) is 35.9 Å². The SMILES string of the molecule is CC(C)(C)C(=O)NC(Cc1c[nH]c2ccccc12)C(=O)NCCN. The van der Waals surface area contributed by atoms with Gasteiger partial charge in [0.05, 0.1) is 0 Å². The highest BCUT2D eigenvalue weighted by atomic mass is 16.2. The molecule has 2 rings (SSSR count). The number of H-pyrrole nitrogens is 1. The third-order valence-electron chi connectivity index (χ3n) is 3.85. The number of carbonyl (C=O) groups excluding carboxylic acids is 2. The lowest BCUT2D eigenvalue weighted by molar-refractivity contribution is -0.133. The van der Waals surface area contributed by atoms with Crippen LogP contribution in [0.15, 0.2) is 30.5 Å². The van der Waals surface area contributed by atoms with Crippen LogP contribution in [0.2, 0.25) is 0 Å². The number of hydrogen-bond acceptors (Lipinski definition) is 3. The number of aromatic nitrogens is 1. The van der Waals surface area contributed by atoms with E-state index in [1.807, 2.05) is 51.2 Å². The monoisotopic (exact) mass is 330 g/mol. The van der Waals surface area contributed by atoms with Crippen LogP contribution < -0.4 is 16.4 Å². The molecule has 0 saturated heterocycles. The van der Waals surface area contributed by atoms with Gasteiger partial charge >= 0.3 is 0 Å². The van der Waals surface area contributed by atoms with Crippen molar-refractivity contribution in [3.05, 3.63) is 36.0 Å². The number of amides is 2. The van der Waals surface area contributed by atoms with E-state index in [0.29, 0.717) is 19.5 Å². The quantitative estimate of drug-likeness (QED) is 0.642. The van der Waals surface area contributed by atoms with Crippen LogP contribution in [0, 0.1) is 5.41 Å². The first-order valence-electron chi connectivity index (χ1n) is 8.16. The third kappa shape index (κ3) is 4.35. The van der Waals surface area contributed by atoms with E-state index in [2.05, 4.69) is 15.6 Å². The fraction of sp³-hybridized carbons (Fsp3) is 0.444. The van der Waals surface area contributed by atoms with Gasteiger partial charge in [-0.15, -0.1) is 0 Å². The van der Waals surface area contributed by atoms with Crippen molar-refractivity contribution in [2.45, 2.75) is 33.2 Å². The summed E-state index contributed by atoms with van der Waals surface area (Å²) in [5, 5.41) is 6.68. The molecule has 2 amide bonds. The normalized spacial score (nSPS) is 12.8. The minimum atomic E-state index is -0.637. The minimum absolute atomic E-state index is 0.157. The Morgan fingerprint density at radius 3 is 2.62 bits per heavy atom. The second kappa shape index (κ2) is 7.49. The first-order chi connectivity index (χ1) is 11.3. The molecule has 2 aromatic rings. The topological polar surface area (TPSA) is 100 Å².